The standard InChI is InChI=1S/C16H18F2N2O4/c17-13-3-1-2-12(15(13)18)16(23)20-5-10-4-19(7-14(21)22)6-11(20)9-24-8-10/h1-3,10-11H,4-9H2,(H,21,22)/t10-,11-/m0/s1. The lowest BCUT2D eigenvalue weighted by Gasteiger charge is -2.30. The number of hydrogen-bond donors (Lipinski definition) is 1. The van der Waals surface area contributed by atoms with Gasteiger partial charge in [-0.15, -0.1) is 0 Å². The summed E-state index contributed by atoms with van der Waals surface area (Å²) in [4.78, 5) is 26.9. The molecule has 8 heteroatoms. The van der Waals surface area contributed by atoms with Crippen molar-refractivity contribution in [1.82, 2.24) is 9.80 Å². The van der Waals surface area contributed by atoms with Crippen molar-refractivity contribution >= 4 is 11.9 Å². The molecule has 24 heavy (non-hydrogen) atoms. The van der Waals surface area contributed by atoms with Gasteiger partial charge in [-0.25, -0.2) is 8.78 Å². The van der Waals surface area contributed by atoms with Gasteiger partial charge in [-0.05, 0) is 12.1 Å². The topological polar surface area (TPSA) is 70.1 Å². The molecular weight excluding hydrogens is 322 g/mol. The van der Waals surface area contributed by atoms with E-state index in [-0.39, 0.29) is 24.6 Å². The Balaban J connectivity index is 1.86. The predicted molar refractivity (Wildman–Crippen MR) is 79.6 cm³/mol. The molecule has 2 saturated heterocycles. The van der Waals surface area contributed by atoms with E-state index in [0.29, 0.717) is 26.2 Å². The quantitative estimate of drug-likeness (QED) is 0.882. The molecule has 2 aliphatic heterocycles. The molecule has 2 heterocycles. The zero-order valence-corrected chi connectivity index (χ0v) is 13.0. The van der Waals surface area contributed by atoms with Crippen molar-refractivity contribution in [2.24, 2.45) is 5.92 Å². The third kappa shape index (κ3) is 3.39. The summed E-state index contributed by atoms with van der Waals surface area (Å²) < 4.78 is 32.9. The summed E-state index contributed by atoms with van der Waals surface area (Å²) in [6, 6.07) is 3.12. The highest BCUT2D eigenvalue weighted by molar-refractivity contribution is 5.94. The van der Waals surface area contributed by atoms with Crippen LogP contribution in [0.4, 0.5) is 8.78 Å². The summed E-state index contributed by atoms with van der Waals surface area (Å²) in [7, 11) is 0. The lowest BCUT2D eigenvalue weighted by molar-refractivity contribution is -0.138. The van der Waals surface area contributed by atoms with E-state index in [2.05, 4.69) is 0 Å². The first-order valence-electron chi connectivity index (χ1n) is 7.72. The molecule has 2 bridgehead atoms. The summed E-state index contributed by atoms with van der Waals surface area (Å²) in [5, 5.41) is 9.00. The minimum atomic E-state index is -1.16. The predicted octanol–water partition coefficient (Wildman–Crippen LogP) is 0.822. The molecule has 1 amide bonds. The van der Waals surface area contributed by atoms with Gasteiger partial charge in [0.25, 0.3) is 5.91 Å². The molecule has 0 spiro atoms. The number of fused-ring (bicyclic) bond motifs is 3. The summed E-state index contributed by atoms with van der Waals surface area (Å²) >= 11 is 0. The highest BCUT2D eigenvalue weighted by Crippen LogP contribution is 2.23. The molecule has 6 nitrogen and oxygen atoms in total. The lowest BCUT2D eigenvalue weighted by Crippen LogP contribution is -2.47. The van der Waals surface area contributed by atoms with Crippen LogP contribution in [0.25, 0.3) is 0 Å². The smallest absolute Gasteiger partial charge is 0.317 e. The number of carboxylic acids is 1. The van der Waals surface area contributed by atoms with Gasteiger partial charge in [-0.1, -0.05) is 6.07 Å². The molecule has 1 aromatic carbocycles. The number of rotatable bonds is 3. The van der Waals surface area contributed by atoms with Crippen molar-refractivity contribution in [2.45, 2.75) is 6.04 Å². The molecule has 2 atom stereocenters. The van der Waals surface area contributed by atoms with Gasteiger partial charge in [0.2, 0.25) is 0 Å². The van der Waals surface area contributed by atoms with Crippen molar-refractivity contribution < 1.29 is 28.2 Å². The van der Waals surface area contributed by atoms with Crippen LogP contribution in [0.2, 0.25) is 0 Å². The highest BCUT2D eigenvalue weighted by Gasteiger charge is 2.37. The Morgan fingerprint density at radius 2 is 2.00 bits per heavy atom. The van der Waals surface area contributed by atoms with Crippen LogP contribution in [0, 0.1) is 17.6 Å². The molecule has 0 aromatic heterocycles. The number of halogens is 2. The molecule has 1 aromatic rings. The van der Waals surface area contributed by atoms with Crippen LogP contribution in [0.5, 0.6) is 0 Å². The zero-order chi connectivity index (χ0) is 17.3. The Morgan fingerprint density at radius 1 is 1.21 bits per heavy atom. The number of ether oxygens (including phenoxy) is 1. The second-order valence-corrected chi connectivity index (χ2v) is 6.20. The average Bonchev–Trinajstić information content (AvgIpc) is 2.79. The number of benzene rings is 1. The first kappa shape index (κ1) is 16.8. The van der Waals surface area contributed by atoms with Gasteiger partial charge in [0.1, 0.15) is 0 Å². The van der Waals surface area contributed by atoms with E-state index >= 15 is 0 Å². The second kappa shape index (κ2) is 6.82. The largest absolute Gasteiger partial charge is 0.480 e. The Morgan fingerprint density at radius 3 is 2.75 bits per heavy atom. The molecule has 130 valence electrons. The maximum absolute atomic E-state index is 14.0. The molecule has 0 radical (unpaired) electrons. The van der Waals surface area contributed by atoms with Gasteiger partial charge in [0.15, 0.2) is 11.6 Å². The van der Waals surface area contributed by atoms with E-state index in [1.165, 1.54) is 17.0 Å². The van der Waals surface area contributed by atoms with Crippen LogP contribution in [-0.4, -0.2) is 72.2 Å². The summed E-state index contributed by atoms with van der Waals surface area (Å²) in [6.45, 7) is 1.67. The Labute approximate surface area is 137 Å². The van der Waals surface area contributed by atoms with Gasteiger partial charge in [0.05, 0.1) is 31.4 Å². The Kier molecular flexibility index (Phi) is 4.77. The second-order valence-electron chi connectivity index (χ2n) is 6.20. The van der Waals surface area contributed by atoms with Gasteiger partial charge in [-0.2, -0.15) is 0 Å². The van der Waals surface area contributed by atoms with Crippen molar-refractivity contribution in [2.75, 3.05) is 39.4 Å². The first-order valence-corrected chi connectivity index (χ1v) is 7.72. The third-order valence-electron chi connectivity index (χ3n) is 4.35. The number of hydrogen-bond acceptors (Lipinski definition) is 4. The molecule has 2 aliphatic rings. The van der Waals surface area contributed by atoms with Crippen molar-refractivity contribution in [3.63, 3.8) is 0 Å². The van der Waals surface area contributed by atoms with E-state index in [9.17, 15) is 18.4 Å². The molecule has 1 N–H and O–H groups in total. The maximum atomic E-state index is 14.0. The van der Waals surface area contributed by atoms with E-state index in [1.807, 2.05) is 0 Å². The first-order chi connectivity index (χ1) is 11.5. The normalized spacial score (nSPS) is 24.5. The fraction of sp³-hybridized carbons (Fsp3) is 0.500. The lowest BCUT2D eigenvalue weighted by atomic mass is 10.1. The molecule has 3 rings (SSSR count). The fourth-order valence-electron chi connectivity index (χ4n) is 3.33. The minimum Gasteiger partial charge on any atom is -0.480 e. The minimum absolute atomic E-state index is 0.0718. The monoisotopic (exact) mass is 340 g/mol. The van der Waals surface area contributed by atoms with Gasteiger partial charge in [0, 0.05) is 25.6 Å². The molecule has 0 unspecified atom stereocenters. The fourth-order valence-corrected chi connectivity index (χ4v) is 3.33. The summed E-state index contributed by atoms with van der Waals surface area (Å²) in [5.74, 6) is -3.83. The van der Waals surface area contributed by atoms with Crippen molar-refractivity contribution in [1.29, 1.82) is 0 Å². The molecule has 0 saturated carbocycles. The average molecular weight is 340 g/mol. The third-order valence-corrected chi connectivity index (χ3v) is 4.35. The van der Waals surface area contributed by atoms with E-state index in [0.717, 1.165) is 6.07 Å². The number of aliphatic carboxylic acids is 1. The molecule has 0 aliphatic carbocycles. The zero-order valence-electron chi connectivity index (χ0n) is 13.0. The van der Waals surface area contributed by atoms with E-state index in [1.54, 1.807) is 4.90 Å². The van der Waals surface area contributed by atoms with Gasteiger partial charge >= 0.3 is 5.97 Å². The summed E-state index contributed by atoms with van der Waals surface area (Å²) in [5.41, 5.74) is -0.313. The van der Waals surface area contributed by atoms with Crippen molar-refractivity contribution in [3.05, 3.63) is 35.4 Å². The maximum Gasteiger partial charge on any atom is 0.317 e. The number of carbonyl (C=O) groups is 2. The van der Waals surface area contributed by atoms with Crippen LogP contribution < -0.4 is 0 Å². The Bertz CT molecular complexity index is 655. The Hall–Kier alpha value is -2.06. The molecular formula is C16H18F2N2O4. The highest BCUT2D eigenvalue weighted by atomic mass is 19.2. The molecule has 2 fully saturated rings. The van der Waals surface area contributed by atoms with Crippen LogP contribution >= 0.6 is 0 Å². The van der Waals surface area contributed by atoms with Gasteiger partial charge < -0.3 is 14.7 Å². The number of carboxylic acid groups (broad SMARTS) is 1. The number of carbonyl (C=O) groups excluding carboxylic acids is 1. The number of nitrogens with zero attached hydrogens (tertiary/aromatic N) is 2. The van der Waals surface area contributed by atoms with Crippen molar-refractivity contribution in [3.8, 4) is 0 Å². The number of amides is 1. The van der Waals surface area contributed by atoms with Crippen LogP contribution in [0.1, 0.15) is 10.4 Å². The summed E-state index contributed by atoms with van der Waals surface area (Å²) in [6.07, 6.45) is 0. The SMILES string of the molecule is O=C(O)CN1C[C@@H]2COC[C@H](C1)N(C(=O)c1cccc(F)c1F)C2. The van der Waals surface area contributed by atoms with E-state index < -0.39 is 29.6 Å². The van der Waals surface area contributed by atoms with Gasteiger partial charge in [-0.3, -0.25) is 14.5 Å². The van der Waals surface area contributed by atoms with E-state index in [4.69, 9.17) is 9.84 Å². The van der Waals surface area contributed by atoms with Crippen LogP contribution in [-0.2, 0) is 9.53 Å². The van der Waals surface area contributed by atoms with Crippen LogP contribution in [0.15, 0.2) is 18.2 Å². The van der Waals surface area contributed by atoms with Crippen LogP contribution in [0.3, 0.4) is 0 Å².